The van der Waals surface area contributed by atoms with Gasteiger partial charge in [0.25, 0.3) is 0 Å². The quantitative estimate of drug-likeness (QED) is 0.774. The maximum absolute atomic E-state index is 11.8. The fourth-order valence-corrected chi connectivity index (χ4v) is 2.30. The first kappa shape index (κ1) is 15.8. The van der Waals surface area contributed by atoms with Crippen LogP contribution in [0.25, 0.3) is 0 Å². The van der Waals surface area contributed by atoms with Crippen LogP contribution < -0.4 is 5.32 Å². The van der Waals surface area contributed by atoms with Gasteiger partial charge in [-0.2, -0.15) is 10.2 Å². The molecule has 2 aromatic rings. The number of hydrogen-bond acceptors (Lipinski definition) is 3. The maximum atomic E-state index is 11.8. The lowest BCUT2D eigenvalue weighted by atomic mass is 10.3. The summed E-state index contributed by atoms with van der Waals surface area (Å²) in [6.45, 7) is 6.02. The topological polar surface area (TPSA) is 64.7 Å². The smallest absolute Gasteiger partial charge is 0.221 e. The summed E-state index contributed by atoms with van der Waals surface area (Å²) in [5.41, 5.74) is 2.05. The first-order valence-electron chi connectivity index (χ1n) is 7.01. The fraction of sp³-hybridized carbons (Fsp3) is 0.500. The number of carbonyl (C=O) groups is 1. The molecule has 0 atom stereocenters. The summed E-state index contributed by atoms with van der Waals surface area (Å²) in [7, 11) is 0. The third-order valence-corrected chi connectivity index (χ3v) is 4.03. The van der Waals surface area contributed by atoms with Crippen molar-refractivity contribution >= 4 is 21.8 Å². The molecule has 0 bridgehead atoms. The van der Waals surface area contributed by atoms with Crippen LogP contribution >= 0.6 is 15.9 Å². The molecule has 0 radical (unpaired) electrons. The highest BCUT2D eigenvalue weighted by Gasteiger charge is 2.06. The molecule has 0 aromatic carbocycles. The number of hydrogen-bond donors (Lipinski definition) is 1. The van der Waals surface area contributed by atoms with Gasteiger partial charge in [0.15, 0.2) is 0 Å². The number of aryl methyl sites for hydroxylation is 3. The third-order valence-electron chi connectivity index (χ3n) is 3.25. The number of amides is 1. The summed E-state index contributed by atoms with van der Waals surface area (Å²) >= 11 is 3.41. The number of halogens is 1. The van der Waals surface area contributed by atoms with Crippen LogP contribution in [-0.4, -0.2) is 32.0 Å². The molecule has 0 fully saturated rings. The van der Waals surface area contributed by atoms with Crippen LogP contribution in [0.2, 0.25) is 0 Å². The second-order valence-electron chi connectivity index (χ2n) is 4.97. The van der Waals surface area contributed by atoms with Gasteiger partial charge in [-0.15, -0.1) is 0 Å². The van der Waals surface area contributed by atoms with Gasteiger partial charge in [0.1, 0.15) is 0 Å². The second kappa shape index (κ2) is 7.40. The van der Waals surface area contributed by atoms with Crippen LogP contribution in [0, 0.1) is 13.8 Å². The average Bonchev–Trinajstić information content (AvgIpc) is 3.01. The second-order valence-corrected chi connectivity index (χ2v) is 5.83. The molecule has 2 rings (SSSR count). The molecule has 0 aliphatic heterocycles. The Morgan fingerprint density at radius 3 is 2.81 bits per heavy atom. The van der Waals surface area contributed by atoms with Crippen molar-refractivity contribution < 1.29 is 4.79 Å². The van der Waals surface area contributed by atoms with Gasteiger partial charge >= 0.3 is 0 Å². The Hall–Kier alpha value is -1.63. The Balaban J connectivity index is 1.62. The molecular weight excluding hydrogens is 334 g/mol. The number of rotatable bonds is 7. The molecule has 1 amide bonds. The molecule has 0 saturated carbocycles. The molecule has 0 aliphatic rings. The lowest BCUT2D eigenvalue weighted by molar-refractivity contribution is -0.121. The van der Waals surface area contributed by atoms with E-state index in [9.17, 15) is 4.79 Å². The molecule has 0 spiro atoms. The highest BCUT2D eigenvalue weighted by molar-refractivity contribution is 9.10. The predicted molar refractivity (Wildman–Crippen MR) is 83.9 cm³/mol. The molecule has 21 heavy (non-hydrogen) atoms. The first-order chi connectivity index (χ1) is 10.1. The first-order valence-corrected chi connectivity index (χ1v) is 7.80. The standard InChI is InChI=1S/C14H20BrN5O/c1-11-4-8-19(18-11)7-3-6-16-14(21)5-9-20-12(2)13(15)10-17-20/h4,8,10H,3,5-7,9H2,1-2H3,(H,16,21). The lowest BCUT2D eigenvalue weighted by Crippen LogP contribution is -2.26. The maximum Gasteiger partial charge on any atom is 0.221 e. The van der Waals surface area contributed by atoms with Crippen molar-refractivity contribution in [1.29, 1.82) is 0 Å². The summed E-state index contributed by atoms with van der Waals surface area (Å²) in [5.74, 6) is 0.0534. The minimum absolute atomic E-state index is 0.0534. The predicted octanol–water partition coefficient (Wildman–Crippen LogP) is 2.06. The van der Waals surface area contributed by atoms with Crippen molar-refractivity contribution in [3.8, 4) is 0 Å². The highest BCUT2D eigenvalue weighted by Crippen LogP contribution is 2.14. The summed E-state index contributed by atoms with van der Waals surface area (Å²) in [6, 6.07) is 1.98. The van der Waals surface area contributed by atoms with Crippen LogP contribution in [0.1, 0.15) is 24.2 Å². The highest BCUT2D eigenvalue weighted by atomic mass is 79.9. The number of carbonyl (C=O) groups excluding carboxylic acids is 1. The van der Waals surface area contributed by atoms with Crippen molar-refractivity contribution in [2.75, 3.05) is 6.54 Å². The monoisotopic (exact) mass is 353 g/mol. The summed E-state index contributed by atoms with van der Waals surface area (Å²) < 4.78 is 4.69. The van der Waals surface area contributed by atoms with E-state index in [4.69, 9.17) is 0 Å². The summed E-state index contributed by atoms with van der Waals surface area (Å²) in [6.07, 6.45) is 5.02. The van der Waals surface area contributed by atoms with Crippen molar-refractivity contribution in [2.45, 2.75) is 39.8 Å². The van der Waals surface area contributed by atoms with Crippen molar-refractivity contribution in [1.82, 2.24) is 24.9 Å². The average molecular weight is 354 g/mol. The number of nitrogens with zero attached hydrogens (tertiary/aromatic N) is 4. The Morgan fingerprint density at radius 1 is 1.38 bits per heavy atom. The van der Waals surface area contributed by atoms with Gasteiger partial charge in [-0.1, -0.05) is 0 Å². The van der Waals surface area contributed by atoms with Crippen LogP contribution in [0.3, 0.4) is 0 Å². The molecule has 2 aromatic heterocycles. The third kappa shape index (κ3) is 4.70. The van der Waals surface area contributed by atoms with E-state index in [0.29, 0.717) is 19.5 Å². The van der Waals surface area contributed by atoms with E-state index in [0.717, 1.165) is 28.8 Å². The SMILES string of the molecule is Cc1ccn(CCCNC(=O)CCn2ncc(Br)c2C)n1. The van der Waals surface area contributed by atoms with Gasteiger partial charge < -0.3 is 5.32 Å². The van der Waals surface area contributed by atoms with E-state index in [1.54, 1.807) is 6.20 Å². The van der Waals surface area contributed by atoms with Crippen molar-refractivity contribution in [3.05, 3.63) is 34.3 Å². The van der Waals surface area contributed by atoms with E-state index in [1.807, 2.05) is 35.5 Å². The van der Waals surface area contributed by atoms with Gasteiger partial charge in [0.05, 0.1) is 16.4 Å². The number of aromatic nitrogens is 4. The van der Waals surface area contributed by atoms with Gasteiger partial charge in [-0.25, -0.2) is 0 Å². The van der Waals surface area contributed by atoms with Crippen LogP contribution in [0.4, 0.5) is 0 Å². The Morgan fingerprint density at radius 2 is 2.19 bits per heavy atom. The van der Waals surface area contributed by atoms with Gasteiger partial charge in [-0.3, -0.25) is 14.2 Å². The van der Waals surface area contributed by atoms with Crippen molar-refractivity contribution in [3.63, 3.8) is 0 Å². The zero-order chi connectivity index (χ0) is 15.2. The normalized spacial score (nSPS) is 10.8. The van der Waals surface area contributed by atoms with Crippen LogP contribution in [0.15, 0.2) is 22.9 Å². The summed E-state index contributed by atoms with van der Waals surface area (Å²) in [5, 5.41) is 11.4. The molecular formula is C14H20BrN5O. The van der Waals surface area contributed by atoms with E-state index in [-0.39, 0.29) is 5.91 Å². The molecule has 0 aliphatic carbocycles. The summed E-state index contributed by atoms with van der Waals surface area (Å²) in [4.78, 5) is 11.8. The minimum Gasteiger partial charge on any atom is -0.356 e. The number of nitrogens with one attached hydrogen (secondary N) is 1. The molecule has 1 N–H and O–H groups in total. The lowest BCUT2D eigenvalue weighted by Gasteiger charge is -2.07. The van der Waals surface area contributed by atoms with E-state index in [2.05, 4.69) is 31.4 Å². The Labute approximate surface area is 132 Å². The molecule has 7 heteroatoms. The Bertz CT molecular complexity index is 604. The molecule has 0 unspecified atom stereocenters. The molecule has 6 nitrogen and oxygen atoms in total. The van der Waals surface area contributed by atoms with Crippen molar-refractivity contribution in [2.24, 2.45) is 0 Å². The van der Waals surface area contributed by atoms with Gasteiger partial charge in [-0.05, 0) is 42.3 Å². The minimum atomic E-state index is 0.0534. The van der Waals surface area contributed by atoms with Gasteiger partial charge in [0, 0.05) is 37.9 Å². The zero-order valence-corrected chi connectivity index (χ0v) is 13.9. The van der Waals surface area contributed by atoms with E-state index >= 15 is 0 Å². The largest absolute Gasteiger partial charge is 0.356 e. The van der Waals surface area contributed by atoms with Crippen LogP contribution in [0.5, 0.6) is 0 Å². The van der Waals surface area contributed by atoms with Crippen LogP contribution in [-0.2, 0) is 17.9 Å². The van der Waals surface area contributed by atoms with Gasteiger partial charge in [0.2, 0.25) is 5.91 Å². The molecule has 0 saturated heterocycles. The molecule has 114 valence electrons. The van der Waals surface area contributed by atoms with E-state index < -0.39 is 0 Å². The Kier molecular flexibility index (Phi) is 5.55. The van der Waals surface area contributed by atoms with E-state index in [1.165, 1.54) is 0 Å². The zero-order valence-electron chi connectivity index (χ0n) is 12.3. The fourth-order valence-electron chi connectivity index (χ4n) is 2.00. The molecule has 2 heterocycles.